The lowest BCUT2D eigenvalue weighted by Crippen LogP contribution is -2.40. The van der Waals surface area contributed by atoms with Gasteiger partial charge in [0.05, 0.1) is 6.04 Å². The molecule has 0 aromatic rings. The maximum absolute atomic E-state index is 10.7. The first-order chi connectivity index (χ1) is 5.88. The van der Waals surface area contributed by atoms with Crippen molar-refractivity contribution < 1.29 is 4.79 Å². The van der Waals surface area contributed by atoms with Crippen molar-refractivity contribution in [2.24, 2.45) is 0 Å². The standard InChI is InChI=1S/C10H18NO/c1-2-6-10(9-12)11-7-4-3-5-8-11/h3,9-10H,2,4-8H2,1H3. The molecule has 12 heavy (non-hydrogen) atoms. The van der Waals surface area contributed by atoms with Crippen LogP contribution in [0.1, 0.15) is 32.6 Å². The average molecular weight is 168 g/mol. The van der Waals surface area contributed by atoms with E-state index in [0.717, 1.165) is 45.1 Å². The van der Waals surface area contributed by atoms with Crippen LogP contribution in [-0.2, 0) is 4.79 Å². The monoisotopic (exact) mass is 168 g/mol. The second-order valence-electron chi connectivity index (χ2n) is 3.39. The van der Waals surface area contributed by atoms with Gasteiger partial charge in [-0.3, -0.25) is 4.90 Å². The first-order valence-electron chi connectivity index (χ1n) is 4.89. The summed E-state index contributed by atoms with van der Waals surface area (Å²) in [5, 5.41) is 0. The second-order valence-corrected chi connectivity index (χ2v) is 3.39. The largest absolute Gasteiger partial charge is 0.302 e. The van der Waals surface area contributed by atoms with Crippen molar-refractivity contribution in [2.75, 3.05) is 13.1 Å². The highest BCUT2D eigenvalue weighted by atomic mass is 16.1. The molecule has 1 rings (SSSR count). The third-order valence-corrected chi connectivity index (χ3v) is 2.45. The van der Waals surface area contributed by atoms with Crippen LogP contribution < -0.4 is 0 Å². The number of hydrogen-bond donors (Lipinski definition) is 0. The van der Waals surface area contributed by atoms with Gasteiger partial charge in [0.25, 0.3) is 0 Å². The summed E-state index contributed by atoms with van der Waals surface area (Å²) in [5.74, 6) is 0. The van der Waals surface area contributed by atoms with Crippen molar-refractivity contribution in [3.8, 4) is 0 Å². The second kappa shape index (κ2) is 5.31. The Balaban J connectivity index is 2.34. The zero-order valence-corrected chi connectivity index (χ0v) is 7.83. The van der Waals surface area contributed by atoms with E-state index in [1.807, 2.05) is 0 Å². The summed E-state index contributed by atoms with van der Waals surface area (Å²) < 4.78 is 0. The summed E-state index contributed by atoms with van der Waals surface area (Å²) in [6.07, 6.45) is 7.83. The Morgan fingerprint density at radius 1 is 1.50 bits per heavy atom. The predicted molar refractivity (Wildman–Crippen MR) is 49.9 cm³/mol. The first-order valence-corrected chi connectivity index (χ1v) is 4.89. The molecule has 2 nitrogen and oxygen atoms in total. The van der Waals surface area contributed by atoms with Gasteiger partial charge in [0.1, 0.15) is 6.29 Å². The molecule has 1 fully saturated rings. The topological polar surface area (TPSA) is 20.3 Å². The number of likely N-dealkylation sites (tertiary alicyclic amines) is 1. The Bertz CT molecular complexity index is 130. The molecule has 1 aliphatic heterocycles. The molecule has 0 aromatic carbocycles. The molecule has 1 aliphatic rings. The van der Waals surface area contributed by atoms with Crippen LogP contribution in [0.5, 0.6) is 0 Å². The van der Waals surface area contributed by atoms with Crippen molar-refractivity contribution in [1.29, 1.82) is 0 Å². The van der Waals surface area contributed by atoms with E-state index in [0.29, 0.717) is 0 Å². The van der Waals surface area contributed by atoms with Gasteiger partial charge in [-0.25, -0.2) is 0 Å². The zero-order valence-electron chi connectivity index (χ0n) is 7.83. The van der Waals surface area contributed by atoms with Gasteiger partial charge in [0, 0.05) is 0 Å². The summed E-state index contributed by atoms with van der Waals surface area (Å²) >= 11 is 0. The van der Waals surface area contributed by atoms with Gasteiger partial charge < -0.3 is 4.79 Å². The molecule has 0 bridgehead atoms. The number of carbonyl (C=O) groups excluding carboxylic acids is 1. The van der Waals surface area contributed by atoms with E-state index in [-0.39, 0.29) is 6.04 Å². The molecular formula is C10H18NO. The number of nitrogens with zero attached hydrogens (tertiary/aromatic N) is 1. The van der Waals surface area contributed by atoms with Crippen LogP contribution in [0.25, 0.3) is 0 Å². The molecule has 1 saturated heterocycles. The van der Waals surface area contributed by atoms with Crippen LogP contribution >= 0.6 is 0 Å². The number of aldehydes is 1. The fourth-order valence-corrected chi connectivity index (χ4v) is 1.73. The number of piperidine rings is 1. The van der Waals surface area contributed by atoms with Gasteiger partial charge in [0.15, 0.2) is 0 Å². The molecule has 0 N–H and O–H groups in total. The molecular weight excluding hydrogens is 150 g/mol. The molecule has 0 spiro atoms. The van der Waals surface area contributed by atoms with E-state index in [1.165, 1.54) is 0 Å². The molecule has 1 radical (unpaired) electrons. The van der Waals surface area contributed by atoms with Crippen molar-refractivity contribution in [1.82, 2.24) is 4.90 Å². The summed E-state index contributed by atoms with van der Waals surface area (Å²) in [4.78, 5) is 13.0. The fraction of sp³-hybridized carbons (Fsp3) is 0.800. The molecule has 69 valence electrons. The zero-order chi connectivity index (χ0) is 8.81. The van der Waals surface area contributed by atoms with E-state index < -0.39 is 0 Å². The normalized spacial score (nSPS) is 22.1. The maximum atomic E-state index is 10.7. The highest BCUT2D eigenvalue weighted by molar-refractivity contribution is 5.57. The van der Waals surface area contributed by atoms with Crippen LogP contribution in [-0.4, -0.2) is 30.3 Å². The lowest BCUT2D eigenvalue weighted by atomic mass is 10.1. The molecule has 1 heterocycles. The molecule has 2 heteroatoms. The molecule has 1 unspecified atom stereocenters. The van der Waals surface area contributed by atoms with Crippen molar-refractivity contribution in [3.63, 3.8) is 0 Å². The smallest absolute Gasteiger partial charge is 0.137 e. The minimum atomic E-state index is 0.184. The van der Waals surface area contributed by atoms with Crippen molar-refractivity contribution in [3.05, 3.63) is 6.42 Å². The van der Waals surface area contributed by atoms with Gasteiger partial charge >= 0.3 is 0 Å². The molecule has 1 atom stereocenters. The Hall–Kier alpha value is -0.370. The lowest BCUT2D eigenvalue weighted by Gasteiger charge is -2.30. The van der Waals surface area contributed by atoms with Crippen LogP contribution in [0, 0.1) is 6.42 Å². The first kappa shape index (κ1) is 9.72. The highest BCUT2D eigenvalue weighted by Crippen LogP contribution is 2.13. The number of hydrogen-bond acceptors (Lipinski definition) is 2. The van der Waals surface area contributed by atoms with Crippen molar-refractivity contribution in [2.45, 2.75) is 38.6 Å². The van der Waals surface area contributed by atoms with Gasteiger partial charge in [-0.2, -0.15) is 0 Å². The van der Waals surface area contributed by atoms with E-state index in [1.54, 1.807) is 0 Å². The predicted octanol–water partition coefficient (Wildman–Crippen LogP) is 1.65. The van der Waals surface area contributed by atoms with Crippen LogP contribution in [0.2, 0.25) is 0 Å². The Morgan fingerprint density at radius 3 is 2.67 bits per heavy atom. The maximum Gasteiger partial charge on any atom is 0.137 e. The van der Waals surface area contributed by atoms with Gasteiger partial charge in [-0.05, 0) is 38.8 Å². The van der Waals surface area contributed by atoms with Gasteiger partial charge in [-0.15, -0.1) is 0 Å². The van der Waals surface area contributed by atoms with E-state index in [9.17, 15) is 4.79 Å². The number of rotatable bonds is 4. The van der Waals surface area contributed by atoms with Crippen LogP contribution in [0.3, 0.4) is 0 Å². The summed E-state index contributed by atoms with van der Waals surface area (Å²) in [6.45, 7) is 4.28. The van der Waals surface area contributed by atoms with Gasteiger partial charge in [0.2, 0.25) is 0 Å². The SMILES string of the molecule is CCCC(C=O)N1CC[CH]CC1. The third kappa shape index (κ3) is 2.59. The summed E-state index contributed by atoms with van der Waals surface area (Å²) in [5.41, 5.74) is 0. The Labute approximate surface area is 74.9 Å². The van der Waals surface area contributed by atoms with E-state index >= 15 is 0 Å². The summed E-state index contributed by atoms with van der Waals surface area (Å²) in [6, 6.07) is 0.184. The quantitative estimate of drug-likeness (QED) is 0.595. The molecule has 0 amide bonds. The molecule has 0 saturated carbocycles. The van der Waals surface area contributed by atoms with Crippen molar-refractivity contribution >= 4 is 6.29 Å². The van der Waals surface area contributed by atoms with Crippen LogP contribution in [0.15, 0.2) is 0 Å². The lowest BCUT2D eigenvalue weighted by molar-refractivity contribution is -0.112. The Kier molecular flexibility index (Phi) is 4.30. The van der Waals surface area contributed by atoms with E-state index in [2.05, 4.69) is 18.2 Å². The molecule has 0 aromatic heterocycles. The van der Waals surface area contributed by atoms with Gasteiger partial charge in [-0.1, -0.05) is 13.3 Å². The number of carbonyl (C=O) groups is 1. The minimum absolute atomic E-state index is 0.184. The van der Waals surface area contributed by atoms with Crippen LogP contribution in [0.4, 0.5) is 0 Å². The fourth-order valence-electron chi connectivity index (χ4n) is 1.73. The highest BCUT2D eigenvalue weighted by Gasteiger charge is 2.18. The van der Waals surface area contributed by atoms with E-state index in [4.69, 9.17) is 0 Å². The molecule has 0 aliphatic carbocycles. The minimum Gasteiger partial charge on any atom is -0.302 e. The average Bonchev–Trinajstić information content (AvgIpc) is 2.15. The Morgan fingerprint density at radius 2 is 2.17 bits per heavy atom. The third-order valence-electron chi connectivity index (χ3n) is 2.45. The summed E-state index contributed by atoms with van der Waals surface area (Å²) in [7, 11) is 0.